The van der Waals surface area contributed by atoms with Crippen LogP contribution < -0.4 is 0 Å². The highest BCUT2D eigenvalue weighted by Crippen LogP contribution is 2.34. The number of ketones is 1. The van der Waals surface area contributed by atoms with Crippen molar-refractivity contribution in [3.63, 3.8) is 0 Å². The van der Waals surface area contributed by atoms with Gasteiger partial charge in [-0.05, 0) is 38.0 Å². The van der Waals surface area contributed by atoms with Crippen LogP contribution in [0.1, 0.15) is 90.4 Å². The lowest BCUT2D eigenvalue weighted by molar-refractivity contribution is -0.137. The van der Waals surface area contributed by atoms with Crippen LogP contribution in [0.4, 0.5) is 0 Å². The van der Waals surface area contributed by atoms with Crippen LogP contribution in [0.15, 0.2) is 12.2 Å². The fraction of sp³-hybridized carbons (Fsp3) is 0.800. The highest BCUT2D eigenvalue weighted by molar-refractivity contribution is 5.83. The lowest BCUT2D eigenvalue weighted by Crippen LogP contribution is -2.13. The van der Waals surface area contributed by atoms with Crippen molar-refractivity contribution in [1.29, 1.82) is 0 Å². The summed E-state index contributed by atoms with van der Waals surface area (Å²) in [6.45, 7) is 2.23. The van der Waals surface area contributed by atoms with Gasteiger partial charge in [0.2, 0.25) is 0 Å². The van der Waals surface area contributed by atoms with E-state index >= 15 is 0 Å². The Morgan fingerprint density at radius 3 is 2.61 bits per heavy atom. The van der Waals surface area contributed by atoms with Gasteiger partial charge in [0.05, 0.1) is 0 Å². The Morgan fingerprint density at radius 1 is 1.13 bits per heavy atom. The van der Waals surface area contributed by atoms with Gasteiger partial charge in [-0.15, -0.1) is 0 Å². The van der Waals surface area contributed by atoms with Crippen LogP contribution in [0.25, 0.3) is 0 Å². The Hall–Kier alpha value is -1.12. The zero-order valence-corrected chi connectivity index (χ0v) is 14.8. The Labute approximate surface area is 141 Å². The molecule has 3 nitrogen and oxygen atoms in total. The third kappa shape index (κ3) is 8.92. The van der Waals surface area contributed by atoms with E-state index in [-0.39, 0.29) is 12.3 Å². The number of carbonyl (C=O) groups is 2. The second-order valence-electron chi connectivity index (χ2n) is 6.90. The smallest absolute Gasteiger partial charge is 0.303 e. The third-order valence-corrected chi connectivity index (χ3v) is 4.92. The molecule has 0 aromatic rings. The molecule has 1 aliphatic rings. The van der Waals surface area contributed by atoms with Crippen LogP contribution in [-0.4, -0.2) is 16.9 Å². The van der Waals surface area contributed by atoms with Gasteiger partial charge in [0.15, 0.2) is 0 Å². The third-order valence-electron chi connectivity index (χ3n) is 4.92. The number of allylic oxidation sites excluding steroid dienone is 2. The van der Waals surface area contributed by atoms with Gasteiger partial charge in [-0.2, -0.15) is 0 Å². The highest BCUT2D eigenvalue weighted by atomic mass is 16.4. The molecule has 0 amide bonds. The van der Waals surface area contributed by atoms with Crippen LogP contribution in [0.5, 0.6) is 0 Å². The molecule has 1 fully saturated rings. The zero-order chi connectivity index (χ0) is 16.9. The van der Waals surface area contributed by atoms with Gasteiger partial charge in [0.25, 0.3) is 0 Å². The maximum atomic E-state index is 12.1. The fourth-order valence-corrected chi connectivity index (χ4v) is 3.49. The van der Waals surface area contributed by atoms with Crippen molar-refractivity contribution in [2.75, 3.05) is 0 Å². The first-order valence-electron chi connectivity index (χ1n) is 9.56. The standard InChI is InChI=1S/C20H34O3/c1-2-3-4-5-6-9-12-17-15-16-19(21)18(17)13-10-7-8-11-14-20(22)23/h9,12,17-18H,2-8,10-11,13-16H2,1H3,(H,22,23)/t17-,18-/m1/s1. The van der Waals surface area contributed by atoms with Crippen molar-refractivity contribution in [2.24, 2.45) is 11.8 Å². The molecule has 1 saturated carbocycles. The summed E-state index contributed by atoms with van der Waals surface area (Å²) < 4.78 is 0. The predicted molar refractivity (Wildman–Crippen MR) is 94.5 cm³/mol. The van der Waals surface area contributed by atoms with E-state index in [0.29, 0.717) is 11.7 Å². The van der Waals surface area contributed by atoms with E-state index < -0.39 is 5.97 Å². The van der Waals surface area contributed by atoms with Gasteiger partial charge in [0.1, 0.15) is 5.78 Å². The molecule has 0 radical (unpaired) electrons. The number of carboxylic acids is 1. The van der Waals surface area contributed by atoms with E-state index in [1.165, 1.54) is 25.7 Å². The largest absolute Gasteiger partial charge is 0.481 e. The molecule has 0 aromatic heterocycles. The predicted octanol–water partition coefficient (Wildman–Crippen LogP) is 5.53. The maximum Gasteiger partial charge on any atom is 0.303 e. The van der Waals surface area contributed by atoms with Crippen molar-refractivity contribution in [2.45, 2.75) is 90.4 Å². The Balaban J connectivity index is 2.19. The lowest BCUT2D eigenvalue weighted by Gasteiger charge is -2.14. The molecule has 0 aromatic carbocycles. The van der Waals surface area contributed by atoms with Crippen LogP contribution in [-0.2, 0) is 9.59 Å². The van der Waals surface area contributed by atoms with Crippen molar-refractivity contribution < 1.29 is 14.7 Å². The number of unbranched alkanes of at least 4 members (excludes halogenated alkanes) is 7. The molecule has 0 saturated heterocycles. The molecule has 2 atom stereocenters. The number of Topliss-reactive ketones (excluding diaryl/α,β-unsaturated/α-hetero) is 1. The number of carboxylic acid groups (broad SMARTS) is 1. The molecule has 0 bridgehead atoms. The topological polar surface area (TPSA) is 54.4 Å². The van der Waals surface area contributed by atoms with Gasteiger partial charge in [-0.25, -0.2) is 0 Å². The molecule has 0 spiro atoms. The van der Waals surface area contributed by atoms with Gasteiger partial charge in [-0.1, -0.05) is 57.6 Å². The second-order valence-corrected chi connectivity index (χ2v) is 6.90. The molecule has 1 rings (SSSR count). The second kappa shape index (κ2) is 12.3. The summed E-state index contributed by atoms with van der Waals surface area (Å²) in [4.78, 5) is 22.5. The van der Waals surface area contributed by atoms with Gasteiger partial charge in [0, 0.05) is 18.8 Å². The van der Waals surface area contributed by atoms with Crippen molar-refractivity contribution in [3.8, 4) is 0 Å². The van der Waals surface area contributed by atoms with E-state index in [0.717, 1.165) is 51.4 Å². The van der Waals surface area contributed by atoms with E-state index in [1.54, 1.807) is 0 Å². The van der Waals surface area contributed by atoms with E-state index in [1.807, 2.05) is 0 Å². The SMILES string of the molecule is CCCCCCC=C[C@@H]1CCC(=O)[C@@H]1CCCCCCC(=O)O. The van der Waals surface area contributed by atoms with Crippen molar-refractivity contribution in [1.82, 2.24) is 0 Å². The first-order chi connectivity index (χ1) is 11.1. The Kier molecular flexibility index (Phi) is 10.7. The summed E-state index contributed by atoms with van der Waals surface area (Å²) in [5.74, 6) is 0.408. The molecule has 0 aliphatic heterocycles. The zero-order valence-electron chi connectivity index (χ0n) is 14.8. The lowest BCUT2D eigenvalue weighted by atomic mass is 9.89. The molecule has 1 N–H and O–H groups in total. The number of hydrogen-bond acceptors (Lipinski definition) is 2. The van der Waals surface area contributed by atoms with Crippen molar-refractivity contribution in [3.05, 3.63) is 12.2 Å². The monoisotopic (exact) mass is 322 g/mol. The molecule has 3 heteroatoms. The van der Waals surface area contributed by atoms with Crippen LogP contribution in [0.3, 0.4) is 0 Å². The van der Waals surface area contributed by atoms with E-state index in [9.17, 15) is 9.59 Å². The maximum absolute atomic E-state index is 12.1. The first-order valence-corrected chi connectivity index (χ1v) is 9.56. The van der Waals surface area contributed by atoms with Crippen LogP contribution in [0.2, 0.25) is 0 Å². The summed E-state index contributed by atoms with van der Waals surface area (Å²) in [5.41, 5.74) is 0. The minimum atomic E-state index is -0.708. The van der Waals surface area contributed by atoms with Crippen LogP contribution in [0, 0.1) is 11.8 Å². The summed E-state index contributed by atoms with van der Waals surface area (Å²) in [7, 11) is 0. The summed E-state index contributed by atoms with van der Waals surface area (Å²) in [6, 6.07) is 0. The Morgan fingerprint density at radius 2 is 1.87 bits per heavy atom. The fourth-order valence-electron chi connectivity index (χ4n) is 3.49. The molecule has 0 heterocycles. The Bertz CT molecular complexity index is 373. The van der Waals surface area contributed by atoms with E-state index in [4.69, 9.17) is 5.11 Å². The minimum Gasteiger partial charge on any atom is -0.481 e. The average Bonchev–Trinajstić information content (AvgIpc) is 2.86. The highest BCUT2D eigenvalue weighted by Gasteiger charge is 2.31. The molecule has 0 unspecified atom stereocenters. The quantitative estimate of drug-likeness (QED) is 0.358. The minimum absolute atomic E-state index is 0.223. The normalized spacial score (nSPS) is 21.3. The average molecular weight is 322 g/mol. The molecule has 132 valence electrons. The summed E-state index contributed by atoms with van der Waals surface area (Å²) >= 11 is 0. The number of aliphatic carboxylic acids is 1. The molecular formula is C20H34O3. The molecule has 1 aliphatic carbocycles. The van der Waals surface area contributed by atoms with Crippen LogP contribution >= 0.6 is 0 Å². The summed E-state index contributed by atoms with van der Waals surface area (Å²) in [6.07, 6.45) is 17.7. The number of hydrogen-bond donors (Lipinski definition) is 1. The first kappa shape index (κ1) is 19.9. The summed E-state index contributed by atoms with van der Waals surface area (Å²) in [5, 5.41) is 8.61. The molecular weight excluding hydrogens is 288 g/mol. The van der Waals surface area contributed by atoms with Gasteiger partial charge >= 0.3 is 5.97 Å². The van der Waals surface area contributed by atoms with Crippen molar-refractivity contribution >= 4 is 11.8 Å². The van der Waals surface area contributed by atoms with Gasteiger partial charge < -0.3 is 5.11 Å². The number of rotatable bonds is 13. The molecule has 23 heavy (non-hydrogen) atoms. The van der Waals surface area contributed by atoms with E-state index in [2.05, 4.69) is 19.1 Å². The van der Waals surface area contributed by atoms with Gasteiger partial charge in [-0.3, -0.25) is 9.59 Å². The number of carbonyl (C=O) groups excluding carboxylic acids is 1.